The minimum Gasteiger partial charge on any atom is -0.373 e. The van der Waals surface area contributed by atoms with Crippen molar-refractivity contribution in [2.24, 2.45) is 0 Å². The maximum absolute atomic E-state index is 12.4. The first kappa shape index (κ1) is 24.0. The second-order valence-electron chi connectivity index (χ2n) is 7.46. The molecule has 0 radical (unpaired) electrons. The summed E-state index contributed by atoms with van der Waals surface area (Å²) in [6, 6.07) is 14.4. The van der Waals surface area contributed by atoms with Crippen molar-refractivity contribution in [1.29, 1.82) is 0 Å². The highest BCUT2D eigenvalue weighted by Gasteiger charge is 2.23. The zero-order valence-electron chi connectivity index (χ0n) is 17.5. The molecule has 0 bridgehead atoms. The first-order valence-corrected chi connectivity index (χ1v) is 11.1. The summed E-state index contributed by atoms with van der Waals surface area (Å²) >= 11 is 11.8. The Kier molecular flexibility index (Phi) is 8.90. The third-order valence-electron chi connectivity index (χ3n) is 5.15. The van der Waals surface area contributed by atoms with Crippen molar-refractivity contribution < 1.29 is 19.1 Å². The number of benzene rings is 2. The van der Waals surface area contributed by atoms with Gasteiger partial charge in [0.15, 0.2) is 0 Å². The van der Waals surface area contributed by atoms with Gasteiger partial charge in [-0.25, -0.2) is 0 Å². The first-order chi connectivity index (χ1) is 15.4. The lowest BCUT2D eigenvalue weighted by atomic mass is 10.1. The molecule has 0 atom stereocenters. The molecule has 1 aliphatic rings. The van der Waals surface area contributed by atoms with Crippen LogP contribution in [0.3, 0.4) is 0 Å². The van der Waals surface area contributed by atoms with Gasteiger partial charge in [-0.1, -0.05) is 53.5 Å². The monoisotopic (exact) mass is 477 g/mol. The van der Waals surface area contributed by atoms with Gasteiger partial charge in [0.2, 0.25) is 11.8 Å². The van der Waals surface area contributed by atoms with Crippen LogP contribution in [0.1, 0.15) is 28.8 Å². The number of rotatable bonds is 8. The van der Waals surface area contributed by atoms with Gasteiger partial charge in [0.05, 0.1) is 36.4 Å². The lowest BCUT2D eigenvalue weighted by Gasteiger charge is -2.32. The Bertz CT molecular complexity index is 948. The molecular formula is C23H25Cl2N3O4. The van der Waals surface area contributed by atoms with E-state index >= 15 is 0 Å². The lowest BCUT2D eigenvalue weighted by Crippen LogP contribution is -2.47. The number of nitrogens with zero attached hydrogens (tertiary/aromatic N) is 1. The lowest BCUT2D eigenvalue weighted by molar-refractivity contribution is -0.135. The largest absolute Gasteiger partial charge is 0.373 e. The molecule has 7 nitrogen and oxygen atoms in total. The molecule has 2 aromatic carbocycles. The number of nitrogens with one attached hydrogen (secondary N) is 2. The number of hydrogen-bond donors (Lipinski definition) is 2. The summed E-state index contributed by atoms with van der Waals surface area (Å²) in [6.07, 6.45) is 1.62. The highest BCUT2D eigenvalue weighted by Crippen LogP contribution is 2.20. The Balaban J connectivity index is 1.33. The van der Waals surface area contributed by atoms with E-state index < -0.39 is 11.8 Å². The minimum absolute atomic E-state index is 0.115. The average molecular weight is 478 g/mol. The molecule has 0 aliphatic carbocycles. The summed E-state index contributed by atoms with van der Waals surface area (Å²) in [6.45, 7) is 1.34. The van der Waals surface area contributed by atoms with Gasteiger partial charge in [-0.3, -0.25) is 14.4 Å². The van der Waals surface area contributed by atoms with Crippen LogP contribution in [-0.4, -0.2) is 54.9 Å². The van der Waals surface area contributed by atoms with Gasteiger partial charge in [0.1, 0.15) is 0 Å². The molecule has 170 valence electrons. The zero-order chi connectivity index (χ0) is 22.9. The highest BCUT2D eigenvalue weighted by molar-refractivity contribution is 6.36. The third-order valence-corrected chi connectivity index (χ3v) is 5.69. The summed E-state index contributed by atoms with van der Waals surface area (Å²) in [5.74, 6) is -1.12. The van der Waals surface area contributed by atoms with E-state index in [1.165, 1.54) is 18.2 Å². The molecule has 0 saturated carbocycles. The van der Waals surface area contributed by atoms with Crippen molar-refractivity contribution in [3.05, 3.63) is 69.7 Å². The molecule has 2 N–H and O–H groups in total. The summed E-state index contributed by atoms with van der Waals surface area (Å²) in [7, 11) is 0. The van der Waals surface area contributed by atoms with Crippen LogP contribution in [0, 0.1) is 0 Å². The van der Waals surface area contributed by atoms with E-state index in [0.29, 0.717) is 24.7 Å². The van der Waals surface area contributed by atoms with Gasteiger partial charge in [-0.2, -0.15) is 0 Å². The Labute approximate surface area is 197 Å². The summed E-state index contributed by atoms with van der Waals surface area (Å²) in [5.41, 5.74) is 1.34. The van der Waals surface area contributed by atoms with E-state index in [4.69, 9.17) is 27.9 Å². The quantitative estimate of drug-likeness (QED) is 0.611. The first-order valence-electron chi connectivity index (χ1n) is 10.4. The molecule has 0 aromatic heterocycles. The second kappa shape index (κ2) is 11.9. The van der Waals surface area contributed by atoms with Crippen molar-refractivity contribution >= 4 is 40.9 Å². The molecule has 9 heteroatoms. The SMILES string of the molecule is O=C(CNC(=O)c1ccc(Cl)cc1Cl)NCC(=O)N1CCC(OCc2ccccc2)CC1. The predicted octanol–water partition coefficient (Wildman–Crippen LogP) is 3.05. The maximum atomic E-state index is 12.4. The Hall–Kier alpha value is -2.61. The van der Waals surface area contributed by atoms with E-state index in [2.05, 4.69) is 10.6 Å². The number of carbonyl (C=O) groups is 3. The van der Waals surface area contributed by atoms with Crippen molar-refractivity contribution in [3.8, 4) is 0 Å². The smallest absolute Gasteiger partial charge is 0.253 e. The van der Waals surface area contributed by atoms with Crippen LogP contribution < -0.4 is 10.6 Å². The molecule has 32 heavy (non-hydrogen) atoms. The van der Waals surface area contributed by atoms with Crippen LogP contribution >= 0.6 is 23.2 Å². The number of likely N-dealkylation sites (tertiary alicyclic amines) is 1. The van der Waals surface area contributed by atoms with Crippen LogP contribution in [0.4, 0.5) is 0 Å². The number of hydrogen-bond acceptors (Lipinski definition) is 4. The van der Waals surface area contributed by atoms with Crippen molar-refractivity contribution in [2.75, 3.05) is 26.2 Å². The highest BCUT2D eigenvalue weighted by atomic mass is 35.5. The average Bonchev–Trinajstić information content (AvgIpc) is 2.80. The zero-order valence-corrected chi connectivity index (χ0v) is 19.0. The Morgan fingerprint density at radius 1 is 0.969 bits per heavy atom. The summed E-state index contributed by atoms with van der Waals surface area (Å²) in [5, 5.41) is 5.62. The minimum atomic E-state index is -0.495. The molecule has 3 amide bonds. The third kappa shape index (κ3) is 7.22. The Morgan fingerprint density at radius 3 is 2.38 bits per heavy atom. The molecule has 1 saturated heterocycles. The van der Waals surface area contributed by atoms with Gasteiger partial charge < -0.3 is 20.3 Å². The molecule has 2 aromatic rings. The van der Waals surface area contributed by atoms with Crippen LogP contribution in [0.2, 0.25) is 10.0 Å². The van der Waals surface area contributed by atoms with Crippen LogP contribution in [0.15, 0.2) is 48.5 Å². The fourth-order valence-electron chi connectivity index (χ4n) is 3.34. The van der Waals surface area contributed by atoms with Crippen molar-refractivity contribution in [3.63, 3.8) is 0 Å². The fraction of sp³-hybridized carbons (Fsp3) is 0.348. The van der Waals surface area contributed by atoms with Gasteiger partial charge in [-0.05, 0) is 36.6 Å². The fourth-order valence-corrected chi connectivity index (χ4v) is 3.83. The number of amides is 3. The van der Waals surface area contributed by atoms with E-state index in [1.54, 1.807) is 4.90 Å². The summed E-state index contributed by atoms with van der Waals surface area (Å²) in [4.78, 5) is 38.2. The molecule has 1 aliphatic heterocycles. The molecule has 1 heterocycles. The van der Waals surface area contributed by atoms with Gasteiger partial charge >= 0.3 is 0 Å². The molecule has 0 spiro atoms. The van der Waals surface area contributed by atoms with E-state index in [-0.39, 0.29) is 35.7 Å². The van der Waals surface area contributed by atoms with Crippen LogP contribution in [0.25, 0.3) is 0 Å². The number of halogens is 2. The van der Waals surface area contributed by atoms with Gasteiger partial charge in [0.25, 0.3) is 5.91 Å². The standard InChI is InChI=1S/C23H25Cl2N3O4/c24-17-6-7-19(20(25)12-17)23(31)27-13-21(29)26-14-22(30)28-10-8-18(9-11-28)32-15-16-4-2-1-3-5-16/h1-7,12,18H,8-11,13-15H2,(H,26,29)(H,27,31). The van der Waals surface area contributed by atoms with E-state index in [1.807, 2.05) is 30.3 Å². The van der Waals surface area contributed by atoms with Gasteiger partial charge in [-0.15, -0.1) is 0 Å². The van der Waals surface area contributed by atoms with Crippen molar-refractivity contribution in [2.45, 2.75) is 25.6 Å². The number of carbonyl (C=O) groups excluding carboxylic acids is 3. The van der Waals surface area contributed by atoms with Crippen LogP contribution in [0.5, 0.6) is 0 Å². The van der Waals surface area contributed by atoms with E-state index in [0.717, 1.165) is 18.4 Å². The Morgan fingerprint density at radius 2 is 1.69 bits per heavy atom. The molecule has 3 rings (SSSR count). The van der Waals surface area contributed by atoms with Crippen LogP contribution in [-0.2, 0) is 20.9 Å². The second-order valence-corrected chi connectivity index (χ2v) is 8.30. The summed E-state index contributed by atoms with van der Waals surface area (Å²) < 4.78 is 5.94. The molecule has 1 fully saturated rings. The van der Waals surface area contributed by atoms with Gasteiger partial charge in [0, 0.05) is 18.1 Å². The molecule has 0 unspecified atom stereocenters. The molecular weight excluding hydrogens is 453 g/mol. The normalized spacial score (nSPS) is 14.1. The number of piperidine rings is 1. The predicted molar refractivity (Wildman–Crippen MR) is 123 cm³/mol. The topological polar surface area (TPSA) is 87.7 Å². The number of ether oxygens (including phenoxy) is 1. The maximum Gasteiger partial charge on any atom is 0.253 e. The van der Waals surface area contributed by atoms with Crippen molar-refractivity contribution in [1.82, 2.24) is 15.5 Å². The van der Waals surface area contributed by atoms with E-state index in [9.17, 15) is 14.4 Å².